The second kappa shape index (κ2) is 5.02. The zero-order valence-corrected chi connectivity index (χ0v) is 11.3. The molecule has 102 valence electrons. The maximum atomic E-state index is 11.1. The molecule has 0 aliphatic carbocycles. The topological polar surface area (TPSA) is 107 Å². The van der Waals surface area contributed by atoms with Gasteiger partial charge in [-0.25, -0.2) is 9.61 Å². The van der Waals surface area contributed by atoms with E-state index >= 15 is 0 Å². The molecule has 2 heterocycles. The van der Waals surface area contributed by atoms with Gasteiger partial charge in [-0.15, -0.1) is 11.3 Å². The molecule has 1 aromatic carbocycles. The summed E-state index contributed by atoms with van der Waals surface area (Å²) in [5, 5.41) is 21.4. The fourth-order valence-corrected chi connectivity index (χ4v) is 2.63. The van der Waals surface area contributed by atoms with Gasteiger partial charge >= 0.3 is 0 Å². The first-order valence-corrected chi connectivity index (χ1v) is 6.58. The summed E-state index contributed by atoms with van der Waals surface area (Å²) >= 11 is 7.03. The van der Waals surface area contributed by atoms with E-state index in [0.717, 1.165) is 4.88 Å². The molecule has 10 heteroatoms. The molecular weight excluding hydrogens is 306 g/mol. The molecule has 0 atom stereocenters. The van der Waals surface area contributed by atoms with Crippen LogP contribution in [0.1, 0.15) is 4.88 Å². The van der Waals surface area contributed by atoms with Crippen LogP contribution >= 0.6 is 22.9 Å². The minimum Gasteiger partial charge on any atom is -0.373 e. The summed E-state index contributed by atoms with van der Waals surface area (Å²) in [7, 11) is 0. The van der Waals surface area contributed by atoms with Crippen molar-refractivity contribution < 1.29 is 9.55 Å². The van der Waals surface area contributed by atoms with Crippen LogP contribution in [0.5, 0.6) is 0 Å². The van der Waals surface area contributed by atoms with Crippen molar-refractivity contribution in [2.45, 2.75) is 6.54 Å². The van der Waals surface area contributed by atoms with Crippen molar-refractivity contribution >= 4 is 45.3 Å². The van der Waals surface area contributed by atoms with E-state index in [-0.39, 0.29) is 11.4 Å². The molecule has 0 fully saturated rings. The lowest BCUT2D eigenvalue weighted by molar-refractivity contribution is -0.383. The summed E-state index contributed by atoms with van der Waals surface area (Å²) in [6.45, 7) is 0.344. The van der Waals surface area contributed by atoms with Gasteiger partial charge in [0.05, 0.1) is 11.5 Å². The molecule has 1 N–H and O–H groups in total. The number of hydrogen-bond acceptors (Lipinski definition) is 8. The van der Waals surface area contributed by atoms with Crippen LogP contribution in [-0.4, -0.2) is 20.2 Å². The Labute approximate surface area is 120 Å². The molecule has 0 aliphatic heterocycles. The van der Waals surface area contributed by atoms with E-state index in [4.69, 9.17) is 11.6 Å². The average molecular weight is 312 g/mol. The van der Waals surface area contributed by atoms with Crippen molar-refractivity contribution in [2.75, 3.05) is 5.32 Å². The third kappa shape index (κ3) is 2.28. The van der Waals surface area contributed by atoms with E-state index in [9.17, 15) is 10.1 Å². The van der Waals surface area contributed by atoms with E-state index in [0.29, 0.717) is 22.0 Å². The van der Waals surface area contributed by atoms with Crippen LogP contribution in [0.4, 0.5) is 11.4 Å². The Morgan fingerprint density at radius 1 is 1.45 bits per heavy atom. The van der Waals surface area contributed by atoms with Crippen molar-refractivity contribution in [1.29, 1.82) is 0 Å². The van der Waals surface area contributed by atoms with Crippen LogP contribution in [-0.2, 0) is 6.54 Å². The second-order valence-electron chi connectivity index (χ2n) is 3.78. The van der Waals surface area contributed by atoms with Gasteiger partial charge in [0, 0.05) is 17.1 Å². The van der Waals surface area contributed by atoms with Gasteiger partial charge in [-0.2, -0.15) is 0 Å². The number of nitro groups is 1. The lowest BCUT2D eigenvalue weighted by Crippen LogP contribution is -2.02. The molecule has 0 unspecified atom stereocenters. The number of anilines is 1. The highest BCUT2D eigenvalue weighted by Crippen LogP contribution is 2.32. The summed E-state index contributed by atoms with van der Waals surface area (Å²) < 4.78 is 5.02. The highest BCUT2D eigenvalue weighted by molar-refractivity contribution is 7.15. The van der Waals surface area contributed by atoms with Gasteiger partial charge < -0.3 is 5.32 Å². The molecule has 0 radical (unpaired) electrons. The van der Waals surface area contributed by atoms with Gasteiger partial charge in [0.1, 0.15) is 11.2 Å². The third-order valence-corrected chi connectivity index (χ3v) is 3.68. The third-order valence-electron chi connectivity index (χ3n) is 2.57. The van der Waals surface area contributed by atoms with Gasteiger partial charge in [-0.05, 0) is 16.4 Å². The minimum atomic E-state index is -0.490. The predicted octanol–water partition coefficient (Wildman–Crippen LogP) is 2.85. The molecule has 8 nitrogen and oxygen atoms in total. The van der Waals surface area contributed by atoms with Crippen LogP contribution in [0.2, 0.25) is 4.47 Å². The first-order valence-electron chi connectivity index (χ1n) is 5.39. The molecule has 0 saturated carbocycles. The molecule has 0 spiro atoms. The van der Waals surface area contributed by atoms with Gasteiger partial charge in [-0.1, -0.05) is 11.6 Å². The fraction of sp³-hybridized carbons (Fsp3) is 0.100. The number of rotatable bonds is 4. The Morgan fingerprint density at radius 3 is 3.00 bits per heavy atom. The molecule has 3 rings (SSSR count). The lowest BCUT2D eigenvalue weighted by atomic mass is 10.2. The number of nitrogens with one attached hydrogen (secondary N) is 1. The van der Waals surface area contributed by atoms with Crippen LogP contribution < -0.4 is 5.32 Å². The highest BCUT2D eigenvalue weighted by atomic mass is 35.5. The van der Waals surface area contributed by atoms with Crippen LogP contribution in [0.25, 0.3) is 11.0 Å². The number of thiazole rings is 1. The van der Waals surface area contributed by atoms with Gasteiger partial charge in [0.15, 0.2) is 9.98 Å². The number of nitro benzene ring substituents is 1. The first-order chi connectivity index (χ1) is 9.65. The highest BCUT2D eigenvalue weighted by Gasteiger charge is 2.20. The number of fused-ring (bicyclic) bond motifs is 1. The summed E-state index contributed by atoms with van der Waals surface area (Å²) in [6.07, 6.45) is 1.60. The zero-order chi connectivity index (χ0) is 14.1. The van der Waals surface area contributed by atoms with E-state index in [2.05, 4.69) is 25.2 Å². The smallest absolute Gasteiger partial charge is 0.294 e. The number of hydrogen-bond donors (Lipinski definition) is 1. The average Bonchev–Trinajstić information content (AvgIpc) is 3.04. The number of benzene rings is 1. The predicted molar refractivity (Wildman–Crippen MR) is 72.9 cm³/mol. The summed E-state index contributed by atoms with van der Waals surface area (Å²) in [5.74, 6) is 0. The molecule has 2 aromatic heterocycles. The SMILES string of the molecule is O=[N+]([O-])c1ccc2nonc2c1NCc1cnc(Cl)s1. The Morgan fingerprint density at radius 2 is 2.30 bits per heavy atom. The molecular formula is C10H6ClN5O3S. The Bertz CT molecular complexity index is 786. The van der Waals surface area contributed by atoms with Gasteiger partial charge in [0.2, 0.25) is 0 Å². The largest absolute Gasteiger partial charge is 0.373 e. The summed E-state index contributed by atoms with van der Waals surface area (Å²) in [5.41, 5.74) is 0.928. The Kier molecular flexibility index (Phi) is 3.20. The van der Waals surface area contributed by atoms with Gasteiger partial charge in [-0.3, -0.25) is 10.1 Å². The number of aromatic nitrogens is 3. The zero-order valence-electron chi connectivity index (χ0n) is 9.74. The Balaban J connectivity index is 1.97. The molecule has 20 heavy (non-hydrogen) atoms. The Hall–Kier alpha value is -2.26. The maximum absolute atomic E-state index is 11.1. The van der Waals surface area contributed by atoms with E-state index < -0.39 is 4.92 Å². The molecule has 0 bridgehead atoms. The summed E-state index contributed by atoms with van der Waals surface area (Å²) in [4.78, 5) is 15.3. The monoisotopic (exact) mass is 311 g/mol. The molecule has 0 amide bonds. The van der Waals surface area contributed by atoms with E-state index in [1.807, 2.05) is 0 Å². The van der Waals surface area contributed by atoms with Crippen molar-refractivity contribution in [3.05, 3.63) is 37.8 Å². The lowest BCUT2D eigenvalue weighted by Gasteiger charge is -2.05. The number of nitrogens with zero attached hydrogens (tertiary/aromatic N) is 4. The van der Waals surface area contributed by atoms with Gasteiger partial charge in [0.25, 0.3) is 5.69 Å². The van der Waals surface area contributed by atoms with Crippen molar-refractivity contribution in [1.82, 2.24) is 15.3 Å². The van der Waals surface area contributed by atoms with E-state index in [1.165, 1.54) is 23.5 Å². The van der Waals surface area contributed by atoms with E-state index in [1.54, 1.807) is 6.20 Å². The van der Waals surface area contributed by atoms with Crippen molar-refractivity contribution in [3.63, 3.8) is 0 Å². The molecule has 3 aromatic rings. The number of halogens is 1. The molecule has 0 aliphatic rings. The van der Waals surface area contributed by atoms with Crippen LogP contribution in [0.3, 0.4) is 0 Å². The van der Waals surface area contributed by atoms with Crippen LogP contribution in [0, 0.1) is 10.1 Å². The normalized spacial score (nSPS) is 10.8. The van der Waals surface area contributed by atoms with Crippen LogP contribution in [0.15, 0.2) is 23.0 Å². The van der Waals surface area contributed by atoms with Crippen molar-refractivity contribution in [2.24, 2.45) is 0 Å². The molecule has 0 saturated heterocycles. The quantitative estimate of drug-likeness (QED) is 0.583. The maximum Gasteiger partial charge on any atom is 0.294 e. The fourth-order valence-electron chi connectivity index (χ4n) is 1.71. The first kappa shape index (κ1) is 12.8. The minimum absolute atomic E-state index is 0.0937. The standard InChI is InChI=1S/C10H6ClN5O3S/c11-10-13-4-5(20-10)3-12-9-7(16(17)18)2-1-6-8(9)15-19-14-6/h1-2,4,12H,3H2. The van der Waals surface area contributed by atoms with Crippen molar-refractivity contribution in [3.8, 4) is 0 Å². The summed E-state index contributed by atoms with van der Waals surface area (Å²) in [6, 6.07) is 2.84. The second-order valence-corrected chi connectivity index (χ2v) is 5.48.